The van der Waals surface area contributed by atoms with Gasteiger partial charge >= 0.3 is 0 Å². The summed E-state index contributed by atoms with van der Waals surface area (Å²) in [6, 6.07) is 2.39. The number of rotatable bonds is 2. The van der Waals surface area contributed by atoms with Crippen LogP contribution in [0.5, 0.6) is 0 Å². The molecule has 0 bridgehead atoms. The number of carbonyl (C=O) groups excluding carboxylic acids is 1. The molecule has 0 saturated carbocycles. The van der Waals surface area contributed by atoms with Gasteiger partial charge in [0.05, 0.1) is 16.0 Å². The molecule has 2 rings (SSSR count). The molecule has 0 atom stereocenters. The molecule has 5 nitrogen and oxygen atoms in total. The van der Waals surface area contributed by atoms with Crippen molar-refractivity contribution in [3.05, 3.63) is 28.5 Å². The highest BCUT2D eigenvalue weighted by atomic mass is 32.2. The number of aromatic nitrogens is 1. The van der Waals surface area contributed by atoms with Gasteiger partial charge in [0.2, 0.25) is 10.0 Å². The zero-order valence-corrected chi connectivity index (χ0v) is 11.2. The number of sulfonamides is 1. The topological polar surface area (TPSA) is 76.1 Å². The zero-order valence-electron chi connectivity index (χ0n) is 9.52. The lowest BCUT2D eigenvalue weighted by molar-refractivity contribution is 0.0981. The Morgan fingerprint density at radius 2 is 2.11 bits per heavy atom. The number of amides is 1. The van der Waals surface area contributed by atoms with Crippen LogP contribution in [-0.2, 0) is 10.0 Å². The van der Waals surface area contributed by atoms with Crippen molar-refractivity contribution >= 4 is 37.5 Å². The molecule has 0 radical (unpaired) electrons. The summed E-state index contributed by atoms with van der Waals surface area (Å²) in [5, 5.41) is 0.671. The Balaban J connectivity index is 2.49. The van der Waals surface area contributed by atoms with E-state index in [1.54, 1.807) is 11.6 Å². The van der Waals surface area contributed by atoms with Gasteiger partial charge in [0, 0.05) is 5.56 Å². The van der Waals surface area contributed by atoms with E-state index in [4.69, 9.17) is 0 Å². The van der Waals surface area contributed by atoms with Gasteiger partial charge in [0.25, 0.3) is 5.91 Å². The van der Waals surface area contributed by atoms with Gasteiger partial charge in [-0.1, -0.05) is 0 Å². The number of halogens is 1. The molecule has 0 fully saturated rings. The van der Waals surface area contributed by atoms with Gasteiger partial charge in [-0.05, 0) is 19.1 Å². The number of hydrogen-bond acceptors (Lipinski definition) is 5. The predicted molar refractivity (Wildman–Crippen MR) is 66.6 cm³/mol. The molecule has 18 heavy (non-hydrogen) atoms. The van der Waals surface area contributed by atoms with E-state index in [0.717, 1.165) is 12.3 Å². The summed E-state index contributed by atoms with van der Waals surface area (Å²) in [5.41, 5.74) is 0.141. The fourth-order valence-corrected chi connectivity index (χ4v) is 2.79. The Morgan fingerprint density at radius 3 is 2.72 bits per heavy atom. The second-order valence-corrected chi connectivity index (χ2v) is 6.72. The van der Waals surface area contributed by atoms with Crippen LogP contribution in [0.4, 0.5) is 4.39 Å². The average molecular weight is 288 g/mol. The minimum atomic E-state index is -3.67. The van der Waals surface area contributed by atoms with Gasteiger partial charge in [-0.25, -0.2) is 22.5 Å². The van der Waals surface area contributed by atoms with Crippen molar-refractivity contribution in [1.82, 2.24) is 9.71 Å². The van der Waals surface area contributed by atoms with Crippen molar-refractivity contribution in [2.24, 2.45) is 0 Å². The number of carbonyl (C=O) groups is 1. The van der Waals surface area contributed by atoms with E-state index in [2.05, 4.69) is 4.98 Å². The summed E-state index contributed by atoms with van der Waals surface area (Å²) in [4.78, 5) is 15.6. The fourth-order valence-electron chi connectivity index (χ4n) is 1.46. The molecule has 2 aromatic rings. The van der Waals surface area contributed by atoms with Crippen LogP contribution in [0.2, 0.25) is 0 Å². The third-order valence-corrected chi connectivity index (χ3v) is 3.57. The van der Waals surface area contributed by atoms with Gasteiger partial charge in [-0.2, -0.15) is 0 Å². The Morgan fingerprint density at radius 1 is 1.44 bits per heavy atom. The van der Waals surface area contributed by atoms with Crippen LogP contribution in [0.1, 0.15) is 15.4 Å². The number of aryl methyl sites for hydroxylation is 1. The van der Waals surface area contributed by atoms with Gasteiger partial charge in [0.1, 0.15) is 5.52 Å². The minimum Gasteiger partial charge on any atom is -0.268 e. The first-order chi connectivity index (χ1) is 8.26. The van der Waals surface area contributed by atoms with Gasteiger partial charge in [-0.15, -0.1) is 11.3 Å². The average Bonchev–Trinajstić information content (AvgIpc) is 2.56. The highest BCUT2D eigenvalue weighted by Crippen LogP contribution is 2.25. The normalized spacial score (nSPS) is 11.7. The molecule has 96 valence electrons. The molecule has 0 aliphatic carbocycles. The van der Waals surface area contributed by atoms with Crippen LogP contribution in [0, 0.1) is 12.7 Å². The van der Waals surface area contributed by atoms with E-state index < -0.39 is 21.7 Å². The van der Waals surface area contributed by atoms with Crippen molar-refractivity contribution in [2.75, 3.05) is 6.26 Å². The number of thiazole rings is 1. The van der Waals surface area contributed by atoms with Crippen LogP contribution >= 0.6 is 11.3 Å². The molecule has 0 aliphatic heterocycles. The fraction of sp³-hybridized carbons (Fsp3) is 0.200. The summed E-state index contributed by atoms with van der Waals surface area (Å²) in [7, 11) is -3.67. The number of fused-ring (bicyclic) bond motifs is 1. The van der Waals surface area contributed by atoms with E-state index >= 15 is 0 Å². The van der Waals surface area contributed by atoms with Crippen LogP contribution in [0.25, 0.3) is 10.2 Å². The first kappa shape index (κ1) is 12.9. The highest BCUT2D eigenvalue weighted by molar-refractivity contribution is 7.89. The minimum absolute atomic E-state index is 0.0472. The van der Waals surface area contributed by atoms with Crippen LogP contribution in [0.15, 0.2) is 12.1 Å². The molecule has 8 heteroatoms. The Kier molecular flexibility index (Phi) is 3.07. The molecule has 1 amide bonds. The lowest BCUT2D eigenvalue weighted by Gasteiger charge is -2.02. The second-order valence-electron chi connectivity index (χ2n) is 3.74. The first-order valence-corrected chi connectivity index (χ1v) is 7.56. The molecular weight excluding hydrogens is 279 g/mol. The molecule has 0 unspecified atom stereocenters. The molecule has 0 spiro atoms. The standard InChI is InChI=1S/C10H9FN2O3S2/c1-5-12-9-7(11)3-6(4-8(9)17-5)10(14)13-18(2,15)16/h3-4H,1-2H3,(H,13,14). The van der Waals surface area contributed by atoms with Gasteiger partial charge in [0.15, 0.2) is 5.82 Å². The SMILES string of the molecule is Cc1nc2c(F)cc(C(=O)NS(C)(=O)=O)cc2s1. The van der Waals surface area contributed by atoms with E-state index in [9.17, 15) is 17.6 Å². The van der Waals surface area contributed by atoms with E-state index in [-0.39, 0.29) is 11.1 Å². The predicted octanol–water partition coefficient (Wildman–Crippen LogP) is 1.43. The van der Waals surface area contributed by atoms with Crippen LogP contribution < -0.4 is 4.72 Å². The molecule has 1 aromatic carbocycles. The summed E-state index contributed by atoms with van der Waals surface area (Å²) in [5.74, 6) is -1.50. The van der Waals surface area contributed by atoms with Crippen molar-refractivity contribution in [3.8, 4) is 0 Å². The summed E-state index contributed by atoms with van der Waals surface area (Å²) in [6.07, 6.45) is 0.858. The van der Waals surface area contributed by atoms with Crippen LogP contribution in [-0.4, -0.2) is 25.6 Å². The highest BCUT2D eigenvalue weighted by Gasteiger charge is 2.15. The quantitative estimate of drug-likeness (QED) is 0.907. The van der Waals surface area contributed by atoms with Crippen molar-refractivity contribution in [2.45, 2.75) is 6.92 Å². The molecule has 1 N–H and O–H groups in total. The number of nitrogens with one attached hydrogen (secondary N) is 1. The zero-order chi connectivity index (χ0) is 13.5. The molecule has 0 saturated heterocycles. The maximum Gasteiger partial charge on any atom is 0.264 e. The largest absolute Gasteiger partial charge is 0.268 e. The summed E-state index contributed by atoms with van der Waals surface area (Å²) in [6.45, 7) is 1.72. The molecule has 1 heterocycles. The number of hydrogen-bond donors (Lipinski definition) is 1. The van der Waals surface area contributed by atoms with Gasteiger partial charge < -0.3 is 0 Å². The first-order valence-electron chi connectivity index (χ1n) is 4.85. The summed E-state index contributed by atoms with van der Waals surface area (Å²) >= 11 is 1.24. The van der Waals surface area contributed by atoms with E-state index in [0.29, 0.717) is 9.71 Å². The maximum absolute atomic E-state index is 13.7. The summed E-state index contributed by atoms with van der Waals surface area (Å²) < 4.78 is 37.8. The van der Waals surface area contributed by atoms with Crippen molar-refractivity contribution < 1.29 is 17.6 Å². The smallest absolute Gasteiger partial charge is 0.264 e. The van der Waals surface area contributed by atoms with E-state index in [1.165, 1.54) is 17.4 Å². The van der Waals surface area contributed by atoms with Crippen molar-refractivity contribution in [3.63, 3.8) is 0 Å². The Labute approximate surface area is 107 Å². The number of benzene rings is 1. The van der Waals surface area contributed by atoms with Gasteiger partial charge in [-0.3, -0.25) is 4.79 Å². The maximum atomic E-state index is 13.7. The molecule has 0 aliphatic rings. The van der Waals surface area contributed by atoms with Crippen LogP contribution in [0.3, 0.4) is 0 Å². The lowest BCUT2D eigenvalue weighted by atomic mass is 10.2. The van der Waals surface area contributed by atoms with Crippen molar-refractivity contribution in [1.29, 1.82) is 0 Å². The third kappa shape index (κ3) is 2.65. The second kappa shape index (κ2) is 4.29. The number of nitrogens with zero attached hydrogens (tertiary/aromatic N) is 1. The molecule has 1 aromatic heterocycles. The third-order valence-electron chi connectivity index (χ3n) is 2.10. The molecular formula is C10H9FN2O3S2. The Bertz CT molecular complexity index is 737. The Hall–Kier alpha value is -1.54. The lowest BCUT2D eigenvalue weighted by Crippen LogP contribution is -2.29. The monoisotopic (exact) mass is 288 g/mol. The van der Waals surface area contributed by atoms with E-state index in [1.807, 2.05) is 0 Å².